The van der Waals surface area contributed by atoms with Crippen molar-refractivity contribution in [3.63, 3.8) is 0 Å². The fraction of sp³-hybridized carbons (Fsp3) is 0.318. The Morgan fingerprint density at radius 2 is 1.59 bits per heavy atom. The summed E-state index contributed by atoms with van der Waals surface area (Å²) in [7, 11) is 2.60. The van der Waals surface area contributed by atoms with E-state index in [1.54, 1.807) is 0 Å². The molecule has 7 heteroatoms. The van der Waals surface area contributed by atoms with Crippen LogP contribution in [0.4, 0.5) is 4.79 Å². The first-order valence-electron chi connectivity index (χ1n) is 9.31. The third-order valence-corrected chi connectivity index (χ3v) is 5.20. The Hall–Kier alpha value is -3.35. The van der Waals surface area contributed by atoms with Crippen molar-refractivity contribution in [2.24, 2.45) is 0 Å². The number of rotatable bonds is 7. The number of ether oxygens (including phenoxy) is 2. The first kappa shape index (κ1) is 20.4. The van der Waals surface area contributed by atoms with Gasteiger partial charge < -0.3 is 14.6 Å². The minimum absolute atomic E-state index is 0.0529. The van der Waals surface area contributed by atoms with Crippen LogP contribution < -0.4 is 0 Å². The number of benzene rings is 2. The van der Waals surface area contributed by atoms with Gasteiger partial charge in [0.15, 0.2) is 0 Å². The molecule has 0 aliphatic heterocycles. The van der Waals surface area contributed by atoms with Crippen LogP contribution in [0.15, 0.2) is 48.5 Å². The predicted octanol–water partition coefficient (Wildman–Crippen LogP) is 3.27. The van der Waals surface area contributed by atoms with Crippen LogP contribution in [0.25, 0.3) is 11.1 Å². The molecule has 0 fully saturated rings. The first-order chi connectivity index (χ1) is 13.9. The molecule has 2 aromatic carbocycles. The second kappa shape index (κ2) is 8.77. The van der Waals surface area contributed by atoms with Crippen LogP contribution >= 0.6 is 0 Å². The minimum atomic E-state index is -1.06. The van der Waals surface area contributed by atoms with Crippen LogP contribution in [0, 0.1) is 0 Å². The van der Waals surface area contributed by atoms with Crippen molar-refractivity contribution >= 4 is 18.0 Å². The standard InChI is InChI=1S/C22H23NO6/c1-23(19(21(26)28-2)11-12-20(24)25)22(27)29-13-18-16-9-5-3-7-14(16)15-8-4-6-10-17(15)18/h3-10,18-19H,11-13H2,1-2H3,(H,24,25)/t19-/m0/s1. The lowest BCUT2D eigenvalue weighted by molar-refractivity contribution is -0.146. The van der Waals surface area contributed by atoms with Crippen molar-refractivity contribution in [2.75, 3.05) is 20.8 Å². The lowest BCUT2D eigenvalue weighted by Gasteiger charge is -2.26. The molecule has 0 heterocycles. The molecular weight excluding hydrogens is 374 g/mol. The van der Waals surface area contributed by atoms with E-state index >= 15 is 0 Å². The second-order valence-electron chi connectivity index (χ2n) is 6.89. The van der Waals surface area contributed by atoms with E-state index in [9.17, 15) is 14.4 Å². The highest BCUT2D eigenvalue weighted by Crippen LogP contribution is 2.44. The molecule has 29 heavy (non-hydrogen) atoms. The zero-order chi connectivity index (χ0) is 21.0. The number of carboxylic acids is 1. The number of nitrogens with zero attached hydrogens (tertiary/aromatic N) is 1. The smallest absolute Gasteiger partial charge is 0.410 e. The van der Waals surface area contributed by atoms with Gasteiger partial charge in [-0.15, -0.1) is 0 Å². The highest BCUT2D eigenvalue weighted by atomic mass is 16.6. The van der Waals surface area contributed by atoms with E-state index < -0.39 is 24.1 Å². The first-order valence-corrected chi connectivity index (χ1v) is 9.31. The Balaban J connectivity index is 1.72. The number of amides is 1. The summed E-state index contributed by atoms with van der Waals surface area (Å²) in [4.78, 5) is 36.5. The molecule has 0 bridgehead atoms. The van der Waals surface area contributed by atoms with Gasteiger partial charge in [0.2, 0.25) is 0 Å². The van der Waals surface area contributed by atoms with Crippen molar-refractivity contribution in [1.29, 1.82) is 0 Å². The van der Waals surface area contributed by atoms with Crippen molar-refractivity contribution < 1.29 is 29.0 Å². The quantitative estimate of drug-likeness (QED) is 0.721. The topological polar surface area (TPSA) is 93.1 Å². The van der Waals surface area contributed by atoms with Gasteiger partial charge in [0.25, 0.3) is 0 Å². The molecule has 0 aromatic heterocycles. The number of carbonyl (C=O) groups excluding carboxylic acids is 2. The molecule has 0 radical (unpaired) electrons. The number of hydrogen-bond donors (Lipinski definition) is 1. The van der Waals surface area contributed by atoms with Gasteiger partial charge in [-0.25, -0.2) is 9.59 Å². The largest absolute Gasteiger partial charge is 0.481 e. The number of likely N-dealkylation sites (N-methyl/N-ethyl adjacent to an activating group) is 1. The van der Waals surface area contributed by atoms with E-state index in [0.29, 0.717) is 0 Å². The summed E-state index contributed by atoms with van der Waals surface area (Å²) in [5.74, 6) is -1.84. The third kappa shape index (κ3) is 4.23. The van der Waals surface area contributed by atoms with Crippen LogP contribution in [0.1, 0.15) is 29.9 Å². The van der Waals surface area contributed by atoms with Gasteiger partial charge in [0.05, 0.1) is 7.11 Å². The Morgan fingerprint density at radius 1 is 1.03 bits per heavy atom. The molecule has 0 saturated carbocycles. The molecule has 1 atom stereocenters. The van der Waals surface area contributed by atoms with Crippen LogP contribution in [-0.2, 0) is 19.1 Å². The molecule has 1 N–H and O–H groups in total. The van der Waals surface area contributed by atoms with Gasteiger partial charge in [0, 0.05) is 19.4 Å². The van der Waals surface area contributed by atoms with Crippen molar-refractivity contribution in [2.45, 2.75) is 24.8 Å². The van der Waals surface area contributed by atoms with Gasteiger partial charge in [-0.3, -0.25) is 9.69 Å². The minimum Gasteiger partial charge on any atom is -0.481 e. The number of fused-ring (bicyclic) bond motifs is 3. The predicted molar refractivity (Wildman–Crippen MR) is 106 cm³/mol. The van der Waals surface area contributed by atoms with E-state index in [4.69, 9.17) is 14.6 Å². The zero-order valence-electron chi connectivity index (χ0n) is 16.3. The van der Waals surface area contributed by atoms with Gasteiger partial charge in [-0.1, -0.05) is 48.5 Å². The molecule has 7 nitrogen and oxygen atoms in total. The molecule has 1 aliphatic carbocycles. The maximum absolute atomic E-state index is 12.6. The van der Waals surface area contributed by atoms with E-state index in [0.717, 1.165) is 27.2 Å². The summed E-state index contributed by atoms with van der Waals surface area (Å²) in [5.41, 5.74) is 4.40. The van der Waals surface area contributed by atoms with Gasteiger partial charge in [-0.2, -0.15) is 0 Å². The number of carboxylic acid groups (broad SMARTS) is 1. The molecule has 3 rings (SSSR count). The number of esters is 1. The number of carbonyl (C=O) groups is 3. The maximum Gasteiger partial charge on any atom is 0.410 e. The summed E-state index contributed by atoms with van der Waals surface area (Å²) >= 11 is 0. The third-order valence-electron chi connectivity index (χ3n) is 5.20. The van der Waals surface area contributed by atoms with Gasteiger partial charge in [0.1, 0.15) is 12.6 Å². The molecule has 2 aromatic rings. The molecule has 1 aliphatic rings. The summed E-state index contributed by atoms with van der Waals surface area (Å²) < 4.78 is 10.2. The highest BCUT2D eigenvalue weighted by molar-refractivity contribution is 5.82. The summed E-state index contributed by atoms with van der Waals surface area (Å²) in [6.45, 7) is 0.115. The lowest BCUT2D eigenvalue weighted by atomic mass is 9.98. The van der Waals surface area contributed by atoms with Crippen molar-refractivity contribution in [3.8, 4) is 11.1 Å². The average Bonchev–Trinajstić information content (AvgIpc) is 3.05. The Bertz CT molecular complexity index is 880. The van der Waals surface area contributed by atoms with E-state index in [1.807, 2.05) is 48.5 Å². The molecule has 0 unspecified atom stereocenters. The highest BCUT2D eigenvalue weighted by Gasteiger charge is 2.32. The molecular formula is C22H23NO6. The normalized spacial score (nSPS) is 13.2. The molecule has 152 valence electrons. The van der Waals surface area contributed by atoms with Gasteiger partial charge in [-0.05, 0) is 28.7 Å². The van der Waals surface area contributed by atoms with Crippen LogP contribution in [0.3, 0.4) is 0 Å². The average molecular weight is 397 g/mol. The SMILES string of the molecule is COC(=O)[C@H](CCC(=O)O)N(C)C(=O)OCC1c2ccccc2-c2ccccc21. The second-order valence-corrected chi connectivity index (χ2v) is 6.89. The molecule has 1 amide bonds. The Labute approximate surface area is 168 Å². The van der Waals surface area contributed by atoms with Crippen LogP contribution in [0.2, 0.25) is 0 Å². The zero-order valence-corrected chi connectivity index (χ0v) is 16.3. The fourth-order valence-corrected chi connectivity index (χ4v) is 3.69. The van der Waals surface area contributed by atoms with Crippen molar-refractivity contribution in [3.05, 3.63) is 59.7 Å². The van der Waals surface area contributed by atoms with Gasteiger partial charge >= 0.3 is 18.0 Å². The summed E-state index contributed by atoms with van der Waals surface area (Å²) in [5, 5.41) is 8.88. The number of hydrogen-bond acceptors (Lipinski definition) is 5. The van der Waals surface area contributed by atoms with Crippen molar-refractivity contribution in [1.82, 2.24) is 4.90 Å². The molecule has 0 spiro atoms. The van der Waals surface area contributed by atoms with Crippen LogP contribution in [0.5, 0.6) is 0 Å². The van der Waals surface area contributed by atoms with E-state index in [2.05, 4.69) is 0 Å². The Morgan fingerprint density at radius 3 is 2.10 bits per heavy atom. The number of methoxy groups -OCH3 is 1. The lowest BCUT2D eigenvalue weighted by Crippen LogP contribution is -2.43. The monoisotopic (exact) mass is 397 g/mol. The summed E-state index contributed by atoms with van der Waals surface area (Å²) in [6, 6.07) is 14.9. The Kier molecular flexibility index (Phi) is 6.16. The number of aliphatic carboxylic acids is 1. The van der Waals surface area contributed by atoms with Crippen LogP contribution in [-0.4, -0.2) is 54.8 Å². The van der Waals surface area contributed by atoms with E-state index in [1.165, 1.54) is 14.2 Å². The fourth-order valence-electron chi connectivity index (χ4n) is 3.69. The maximum atomic E-state index is 12.6. The molecule has 0 saturated heterocycles. The van der Waals surface area contributed by atoms with E-state index in [-0.39, 0.29) is 25.4 Å². The summed E-state index contributed by atoms with van der Waals surface area (Å²) in [6.07, 6.45) is -1.02.